The van der Waals surface area contributed by atoms with Crippen molar-refractivity contribution >= 4 is 33.4 Å². The van der Waals surface area contributed by atoms with Crippen LogP contribution in [-0.4, -0.2) is 55.2 Å². The Bertz CT molecular complexity index is 1050. The van der Waals surface area contributed by atoms with Crippen LogP contribution in [-0.2, 0) is 19.6 Å². The number of nitrogens with zero attached hydrogens (tertiary/aromatic N) is 1. The number of carboxylic acids is 1. The third-order valence-electron chi connectivity index (χ3n) is 5.12. The first-order chi connectivity index (χ1) is 15.0. The summed E-state index contributed by atoms with van der Waals surface area (Å²) in [7, 11) is -4.01. The molecule has 0 bridgehead atoms. The van der Waals surface area contributed by atoms with Crippen molar-refractivity contribution in [2.24, 2.45) is 5.92 Å². The summed E-state index contributed by atoms with van der Waals surface area (Å²) in [6.07, 6.45) is 0.270. The van der Waals surface area contributed by atoms with Crippen molar-refractivity contribution < 1.29 is 27.9 Å². The van der Waals surface area contributed by atoms with E-state index in [4.69, 9.17) is 4.74 Å². The predicted molar refractivity (Wildman–Crippen MR) is 122 cm³/mol. The number of aliphatic carboxylic acids is 1. The zero-order valence-electron chi connectivity index (χ0n) is 18.3. The van der Waals surface area contributed by atoms with E-state index in [-0.39, 0.29) is 4.21 Å². The first-order valence-electron chi connectivity index (χ1n) is 10.3. The summed E-state index contributed by atoms with van der Waals surface area (Å²) in [5.41, 5.74) is 0.273. The summed E-state index contributed by atoms with van der Waals surface area (Å²) in [5, 5.41) is 9.72. The van der Waals surface area contributed by atoms with Crippen LogP contribution < -0.4 is 4.72 Å². The quantitative estimate of drug-likeness (QED) is 0.650. The minimum Gasteiger partial charge on any atom is -0.480 e. The number of ether oxygens (including phenoxy) is 1. The number of carboxylic acid groups (broad SMARTS) is 1. The molecule has 2 N–H and O–H groups in total. The number of piperidine rings is 1. The van der Waals surface area contributed by atoms with Crippen molar-refractivity contribution in [2.45, 2.75) is 49.5 Å². The molecule has 32 heavy (non-hydrogen) atoms. The number of rotatable bonds is 6. The zero-order valence-corrected chi connectivity index (χ0v) is 19.9. The maximum atomic E-state index is 12.9. The molecule has 3 rings (SSSR count). The number of hydrogen-bond donors (Lipinski definition) is 2. The van der Waals surface area contributed by atoms with Gasteiger partial charge in [0.15, 0.2) is 0 Å². The summed E-state index contributed by atoms with van der Waals surface area (Å²) in [6, 6.07) is 11.3. The predicted octanol–water partition coefficient (Wildman–Crippen LogP) is 3.79. The van der Waals surface area contributed by atoms with Crippen molar-refractivity contribution in [3.05, 3.63) is 42.5 Å². The van der Waals surface area contributed by atoms with E-state index in [1.807, 2.05) is 30.3 Å². The van der Waals surface area contributed by atoms with Crippen LogP contribution in [0.25, 0.3) is 10.4 Å². The van der Waals surface area contributed by atoms with E-state index in [2.05, 4.69) is 4.72 Å². The lowest BCUT2D eigenvalue weighted by atomic mass is 9.90. The number of nitrogens with one attached hydrogen (secondary N) is 1. The Morgan fingerprint density at radius 1 is 1.12 bits per heavy atom. The highest BCUT2D eigenvalue weighted by Crippen LogP contribution is 2.31. The maximum Gasteiger partial charge on any atom is 0.410 e. The van der Waals surface area contributed by atoms with Gasteiger partial charge in [-0.05, 0) is 57.2 Å². The molecule has 0 spiro atoms. The Balaban J connectivity index is 1.67. The maximum absolute atomic E-state index is 12.9. The number of sulfonamides is 1. The molecule has 174 valence electrons. The summed E-state index contributed by atoms with van der Waals surface area (Å²) < 4.78 is 33.6. The van der Waals surface area contributed by atoms with E-state index < -0.39 is 39.6 Å². The number of benzene rings is 1. The summed E-state index contributed by atoms with van der Waals surface area (Å²) in [4.78, 5) is 26.5. The van der Waals surface area contributed by atoms with Gasteiger partial charge in [0.05, 0.1) is 0 Å². The van der Waals surface area contributed by atoms with E-state index in [1.165, 1.54) is 11.0 Å². The molecule has 1 fully saturated rings. The van der Waals surface area contributed by atoms with Gasteiger partial charge in [0.1, 0.15) is 15.9 Å². The number of likely N-dealkylation sites (tertiary alicyclic amines) is 1. The Kier molecular flexibility index (Phi) is 7.26. The third-order valence-corrected chi connectivity index (χ3v) is 8.18. The molecule has 2 heterocycles. The van der Waals surface area contributed by atoms with Gasteiger partial charge in [-0.25, -0.2) is 13.2 Å². The average molecular weight is 481 g/mol. The monoisotopic (exact) mass is 480 g/mol. The van der Waals surface area contributed by atoms with Crippen LogP contribution >= 0.6 is 11.3 Å². The lowest BCUT2D eigenvalue weighted by Gasteiger charge is -2.35. The Labute approximate surface area is 192 Å². The fourth-order valence-corrected chi connectivity index (χ4v) is 6.12. The Morgan fingerprint density at radius 3 is 2.31 bits per heavy atom. The number of carbonyl (C=O) groups is 2. The van der Waals surface area contributed by atoms with Gasteiger partial charge in [-0.3, -0.25) is 4.79 Å². The van der Waals surface area contributed by atoms with E-state index in [1.54, 1.807) is 26.8 Å². The molecule has 1 atom stereocenters. The molecule has 0 aliphatic carbocycles. The zero-order chi connectivity index (χ0) is 23.5. The fourth-order valence-electron chi connectivity index (χ4n) is 3.54. The van der Waals surface area contributed by atoms with Crippen molar-refractivity contribution in [3.8, 4) is 10.4 Å². The van der Waals surface area contributed by atoms with Crippen LogP contribution in [0.5, 0.6) is 0 Å². The molecule has 0 saturated carbocycles. The number of carbonyl (C=O) groups excluding carboxylic acids is 1. The third kappa shape index (κ3) is 6.08. The molecule has 1 aromatic heterocycles. The number of hydrogen-bond acceptors (Lipinski definition) is 6. The SMILES string of the molecule is CC(C)(C)OC(=O)N1CCC([C@@H](NS(=O)(=O)c2ccc(-c3ccccc3)s2)C(=O)O)CC1. The van der Waals surface area contributed by atoms with E-state index >= 15 is 0 Å². The van der Waals surface area contributed by atoms with Crippen molar-refractivity contribution in [1.82, 2.24) is 9.62 Å². The normalized spacial score (nSPS) is 16.5. The summed E-state index contributed by atoms with van der Waals surface area (Å²) in [6.45, 7) is 5.95. The molecule has 1 aromatic carbocycles. The molecule has 1 amide bonds. The topological polar surface area (TPSA) is 113 Å². The second-order valence-electron chi connectivity index (χ2n) is 8.73. The van der Waals surface area contributed by atoms with Gasteiger partial charge in [-0.1, -0.05) is 30.3 Å². The first kappa shape index (κ1) is 24.2. The smallest absolute Gasteiger partial charge is 0.410 e. The largest absolute Gasteiger partial charge is 0.480 e. The molecule has 1 saturated heterocycles. The average Bonchev–Trinajstić information content (AvgIpc) is 3.23. The van der Waals surface area contributed by atoms with Crippen LogP contribution in [0, 0.1) is 5.92 Å². The highest BCUT2D eigenvalue weighted by molar-refractivity contribution is 7.91. The molecular formula is C22H28N2O6S2. The molecule has 2 aromatic rings. The molecule has 1 aliphatic rings. The molecule has 10 heteroatoms. The van der Waals surface area contributed by atoms with Gasteiger partial charge in [-0.2, -0.15) is 4.72 Å². The highest BCUT2D eigenvalue weighted by atomic mass is 32.2. The van der Waals surface area contributed by atoms with Crippen molar-refractivity contribution in [3.63, 3.8) is 0 Å². The number of thiophene rings is 1. The van der Waals surface area contributed by atoms with E-state index in [9.17, 15) is 23.1 Å². The van der Waals surface area contributed by atoms with Crippen LogP contribution in [0.4, 0.5) is 4.79 Å². The van der Waals surface area contributed by atoms with Gasteiger partial charge in [0.2, 0.25) is 0 Å². The van der Waals surface area contributed by atoms with Gasteiger partial charge in [0, 0.05) is 18.0 Å². The molecule has 0 unspecified atom stereocenters. The second-order valence-corrected chi connectivity index (χ2v) is 11.8. The van der Waals surface area contributed by atoms with Crippen molar-refractivity contribution in [1.29, 1.82) is 0 Å². The minimum absolute atomic E-state index is 0.0637. The lowest BCUT2D eigenvalue weighted by molar-refractivity contribution is -0.140. The van der Waals surface area contributed by atoms with Gasteiger partial charge in [-0.15, -0.1) is 11.3 Å². The number of amides is 1. The van der Waals surface area contributed by atoms with Crippen LogP contribution in [0.1, 0.15) is 33.6 Å². The van der Waals surface area contributed by atoms with E-state index in [0.29, 0.717) is 25.9 Å². The van der Waals surface area contributed by atoms with Crippen LogP contribution in [0.2, 0.25) is 0 Å². The molecule has 1 aliphatic heterocycles. The molecule has 8 nitrogen and oxygen atoms in total. The second kappa shape index (κ2) is 9.60. The van der Waals surface area contributed by atoms with Gasteiger partial charge in [0.25, 0.3) is 10.0 Å². The first-order valence-corrected chi connectivity index (χ1v) is 12.6. The molecule has 0 radical (unpaired) electrons. The van der Waals surface area contributed by atoms with Crippen LogP contribution in [0.15, 0.2) is 46.7 Å². The Hall–Kier alpha value is -2.43. The van der Waals surface area contributed by atoms with Gasteiger partial charge < -0.3 is 14.7 Å². The highest BCUT2D eigenvalue weighted by Gasteiger charge is 2.37. The van der Waals surface area contributed by atoms with Gasteiger partial charge >= 0.3 is 12.1 Å². The summed E-state index contributed by atoms with van der Waals surface area (Å²) in [5.74, 6) is -1.67. The minimum atomic E-state index is -4.01. The van der Waals surface area contributed by atoms with Crippen LogP contribution in [0.3, 0.4) is 0 Å². The standard InChI is InChI=1S/C22H28N2O6S2/c1-22(2,3)30-21(27)24-13-11-16(12-14-24)19(20(25)26)23-32(28,29)18-10-9-17(31-18)15-7-5-4-6-8-15/h4-10,16,19,23H,11-14H2,1-3H3,(H,25,26)/t19-/m1/s1. The summed E-state index contributed by atoms with van der Waals surface area (Å²) >= 11 is 1.09. The lowest BCUT2D eigenvalue weighted by Crippen LogP contribution is -2.50. The molecular weight excluding hydrogens is 452 g/mol. The van der Waals surface area contributed by atoms with Crippen molar-refractivity contribution in [2.75, 3.05) is 13.1 Å². The fraction of sp³-hybridized carbons (Fsp3) is 0.455. The van der Waals surface area contributed by atoms with E-state index in [0.717, 1.165) is 21.8 Å². The Morgan fingerprint density at radius 2 is 1.75 bits per heavy atom.